The van der Waals surface area contributed by atoms with Crippen LogP contribution in [0.2, 0.25) is 0 Å². The Morgan fingerprint density at radius 1 is 1.18 bits per heavy atom. The molecule has 4 rings (SSSR count). The van der Waals surface area contributed by atoms with Crippen LogP contribution in [0.25, 0.3) is 0 Å². The molecule has 5 heteroatoms. The third-order valence-corrected chi connectivity index (χ3v) is 6.06. The summed E-state index contributed by atoms with van der Waals surface area (Å²) in [4.78, 5) is 13.3. The van der Waals surface area contributed by atoms with Gasteiger partial charge in [0.05, 0.1) is 5.56 Å². The van der Waals surface area contributed by atoms with Gasteiger partial charge in [-0.1, -0.05) is 18.2 Å². The minimum atomic E-state index is -0.910. The monoisotopic (exact) mass is 382 g/mol. The van der Waals surface area contributed by atoms with Crippen molar-refractivity contribution in [2.45, 2.75) is 44.2 Å². The van der Waals surface area contributed by atoms with Gasteiger partial charge in [-0.3, -0.25) is 4.90 Å². The van der Waals surface area contributed by atoms with Crippen LogP contribution in [0.15, 0.2) is 48.1 Å². The maximum atomic E-state index is 10.9. The van der Waals surface area contributed by atoms with Crippen molar-refractivity contribution in [1.82, 2.24) is 10.2 Å². The quantitative estimate of drug-likeness (QED) is 0.721. The molecular formula is C23H30N2O3. The van der Waals surface area contributed by atoms with Crippen LogP contribution in [0.1, 0.15) is 42.5 Å². The molecular weight excluding hydrogens is 352 g/mol. The zero-order valence-electron chi connectivity index (χ0n) is 16.3. The Labute approximate surface area is 167 Å². The van der Waals surface area contributed by atoms with E-state index in [0.717, 1.165) is 31.3 Å². The third kappa shape index (κ3) is 5.03. The maximum Gasteiger partial charge on any atom is 0.335 e. The van der Waals surface area contributed by atoms with Gasteiger partial charge in [-0.25, -0.2) is 4.79 Å². The van der Waals surface area contributed by atoms with E-state index in [1.54, 1.807) is 29.8 Å². The summed E-state index contributed by atoms with van der Waals surface area (Å²) in [6.45, 7) is 3.77. The second-order valence-electron chi connectivity index (χ2n) is 8.09. The molecule has 1 heterocycles. The molecule has 0 unspecified atom stereocenters. The van der Waals surface area contributed by atoms with Gasteiger partial charge in [0.2, 0.25) is 0 Å². The number of carbonyl (C=O) groups is 1. The highest BCUT2D eigenvalue weighted by atomic mass is 16.5. The molecule has 28 heavy (non-hydrogen) atoms. The fraction of sp³-hybridized carbons (Fsp3) is 0.522. The lowest BCUT2D eigenvalue weighted by Crippen LogP contribution is -2.44. The van der Waals surface area contributed by atoms with Gasteiger partial charge < -0.3 is 15.2 Å². The van der Waals surface area contributed by atoms with Crippen LogP contribution in [0.4, 0.5) is 0 Å². The minimum Gasteiger partial charge on any atom is -0.492 e. The number of aromatic carboxylic acids is 1. The van der Waals surface area contributed by atoms with Gasteiger partial charge in [-0.05, 0) is 75.0 Å². The summed E-state index contributed by atoms with van der Waals surface area (Å²) in [5.74, 6) is 0.565. The first-order valence-corrected chi connectivity index (χ1v) is 10.5. The predicted octanol–water partition coefficient (Wildman–Crippen LogP) is 3.48. The van der Waals surface area contributed by atoms with Crippen LogP contribution in [-0.4, -0.2) is 54.3 Å². The Hall–Kier alpha value is -2.11. The summed E-state index contributed by atoms with van der Waals surface area (Å²) in [6, 6.07) is 7.94. The lowest BCUT2D eigenvalue weighted by atomic mass is 10.0. The number of allylic oxidation sites excluding steroid dienone is 3. The number of hydrogen-bond donors (Lipinski definition) is 2. The molecule has 1 aromatic carbocycles. The summed E-state index contributed by atoms with van der Waals surface area (Å²) in [5.41, 5.74) is 1.84. The topological polar surface area (TPSA) is 61.8 Å². The molecule has 1 saturated carbocycles. The summed E-state index contributed by atoms with van der Waals surface area (Å²) in [5, 5.41) is 12.8. The zero-order chi connectivity index (χ0) is 19.3. The molecule has 2 atom stereocenters. The number of ether oxygens (including phenoxy) is 1. The van der Waals surface area contributed by atoms with Crippen LogP contribution in [0.3, 0.4) is 0 Å². The predicted molar refractivity (Wildman–Crippen MR) is 110 cm³/mol. The second-order valence-corrected chi connectivity index (χ2v) is 8.09. The number of nitrogens with zero attached hydrogens (tertiary/aromatic N) is 1. The third-order valence-electron chi connectivity index (χ3n) is 6.06. The van der Waals surface area contributed by atoms with Gasteiger partial charge in [0.15, 0.2) is 0 Å². The fourth-order valence-electron chi connectivity index (χ4n) is 4.27. The Morgan fingerprint density at radius 2 is 1.96 bits per heavy atom. The van der Waals surface area contributed by atoms with Gasteiger partial charge >= 0.3 is 5.97 Å². The smallest absolute Gasteiger partial charge is 0.335 e. The molecule has 150 valence electrons. The molecule has 1 saturated heterocycles. The van der Waals surface area contributed by atoms with Crippen molar-refractivity contribution in [3.63, 3.8) is 0 Å². The van der Waals surface area contributed by atoms with Crippen molar-refractivity contribution in [2.75, 3.05) is 26.2 Å². The average molecular weight is 383 g/mol. The van der Waals surface area contributed by atoms with E-state index in [1.807, 2.05) is 0 Å². The first-order chi connectivity index (χ1) is 13.7. The molecule has 1 aliphatic heterocycles. The van der Waals surface area contributed by atoms with E-state index in [0.29, 0.717) is 18.7 Å². The van der Waals surface area contributed by atoms with Crippen LogP contribution in [0.5, 0.6) is 5.75 Å². The Balaban J connectivity index is 1.12. The normalized spacial score (nSPS) is 25.4. The molecule has 1 aromatic rings. The Bertz CT molecular complexity index is 733. The van der Waals surface area contributed by atoms with E-state index in [4.69, 9.17) is 9.84 Å². The van der Waals surface area contributed by atoms with Crippen molar-refractivity contribution in [1.29, 1.82) is 0 Å². The highest BCUT2D eigenvalue weighted by Gasteiger charge is 2.40. The molecule has 2 aliphatic carbocycles. The van der Waals surface area contributed by atoms with Gasteiger partial charge in [0.25, 0.3) is 0 Å². The molecule has 0 amide bonds. The van der Waals surface area contributed by atoms with Crippen LogP contribution in [0, 0.1) is 5.92 Å². The number of piperidine rings is 1. The molecule has 3 aliphatic rings. The first kappa shape index (κ1) is 19.2. The minimum absolute atomic E-state index is 0.288. The SMILES string of the molecule is O=C(O)c1ccc(OCCN2CCC(N[C@@H]3C[C@H]3C3=CCCC=C3)CC2)cc1. The standard InChI is InChI=1S/C23H30N2O3/c26-23(27)18-6-8-20(9-7-18)28-15-14-25-12-10-19(11-13-25)24-22-16-21(22)17-4-2-1-3-5-17/h2,4-9,19,21-22,24H,1,3,10-16H2,(H,26,27)/t21-,22+/m0/s1. The highest BCUT2D eigenvalue weighted by Crippen LogP contribution is 2.40. The van der Waals surface area contributed by atoms with E-state index in [-0.39, 0.29) is 5.56 Å². The van der Waals surface area contributed by atoms with Crippen molar-refractivity contribution in [2.24, 2.45) is 5.92 Å². The highest BCUT2D eigenvalue weighted by molar-refractivity contribution is 5.87. The van der Waals surface area contributed by atoms with Gasteiger partial charge in [-0.2, -0.15) is 0 Å². The van der Waals surface area contributed by atoms with Crippen molar-refractivity contribution in [3.05, 3.63) is 53.6 Å². The maximum absolute atomic E-state index is 10.9. The van der Waals surface area contributed by atoms with E-state index in [2.05, 4.69) is 28.4 Å². The summed E-state index contributed by atoms with van der Waals surface area (Å²) in [6.07, 6.45) is 13.2. The number of rotatable bonds is 8. The average Bonchev–Trinajstić information content (AvgIpc) is 3.49. The van der Waals surface area contributed by atoms with Crippen molar-refractivity contribution in [3.8, 4) is 5.75 Å². The van der Waals surface area contributed by atoms with E-state index in [1.165, 1.54) is 32.1 Å². The largest absolute Gasteiger partial charge is 0.492 e. The van der Waals surface area contributed by atoms with Gasteiger partial charge in [0, 0.05) is 24.5 Å². The molecule has 5 nitrogen and oxygen atoms in total. The van der Waals surface area contributed by atoms with E-state index >= 15 is 0 Å². The van der Waals surface area contributed by atoms with Crippen molar-refractivity contribution >= 4 is 5.97 Å². The number of nitrogens with one attached hydrogen (secondary N) is 1. The van der Waals surface area contributed by atoms with E-state index in [9.17, 15) is 4.79 Å². The Morgan fingerprint density at radius 3 is 2.64 bits per heavy atom. The Kier molecular flexibility index (Phi) is 6.13. The fourth-order valence-corrected chi connectivity index (χ4v) is 4.27. The first-order valence-electron chi connectivity index (χ1n) is 10.5. The molecule has 0 aromatic heterocycles. The number of carboxylic acid groups (broad SMARTS) is 1. The molecule has 2 fully saturated rings. The zero-order valence-corrected chi connectivity index (χ0v) is 16.3. The van der Waals surface area contributed by atoms with Crippen LogP contribution < -0.4 is 10.1 Å². The molecule has 2 N–H and O–H groups in total. The second kappa shape index (κ2) is 8.93. The lowest BCUT2D eigenvalue weighted by molar-refractivity contribution is 0.0697. The molecule has 0 bridgehead atoms. The number of likely N-dealkylation sites (tertiary alicyclic amines) is 1. The summed E-state index contributed by atoms with van der Waals surface area (Å²) >= 11 is 0. The van der Waals surface area contributed by atoms with E-state index < -0.39 is 5.97 Å². The lowest BCUT2D eigenvalue weighted by Gasteiger charge is -2.32. The number of carboxylic acids is 1. The van der Waals surface area contributed by atoms with Crippen molar-refractivity contribution < 1.29 is 14.6 Å². The van der Waals surface area contributed by atoms with Gasteiger partial charge in [-0.15, -0.1) is 0 Å². The molecule has 0 spiro atoms. The van der Waals surface area contributed by atoms with Crippen LogP contribution in [-0.2, 0) is 0 Å². The molecule has 0 radical (unpaired) electrons. The summed E-state index contributed by atoms with van der Waals surface area (Å²) in [7, 11) is 0. The van der Waals surface area contributed by atoms with Gasteiger partial charge in [0.1, 0.15) is 12.4 Å². The number of hydrogen-bond acceptors (Lipinski definition) is 4. The number of benzene rings is 1. The summed E-state index contributed by atoms with van der Waals surface area (Å²) < 4.78 is 5.76. The van der Waals surface area contributed by atoms with Crippen LogP contribution >= 0.6 is 0 Å².